The van der Waals surface area contributed by atoms with Crippen molar-refractivity contribution in [3.05, 3.63) is 0 Å². The minimum absolute atomic E-state index is 0.146. The van der Waals surface area contributed by atoms with Crippen LogP contribution in [0.2, 0.25) is 0 Å². The Hall–Kier alpha value is -0.670. The minimum Gasteiger partial charge on any atom is -0.460 e. The molecule has 0 heterocycles. The fraction of sp³-hybridized carbons (Fsp3) is 0.800. The Morgan fingerprint density at radius 2 is 2.22 bits per heavy atom. The Morgan fingerprint density at radius 3 is 2.56 bits per heavy atom. The van der Waals surface area contributed by atoms with Gasteiger partial charge >= 0.3 is 5.97 Å². The molecule has 0 radical (unpaired) electrons. The predicted molar refractivity (Wildman–Crippen MR) is 27.3 cm³/mol. The van der Waals surface area contributed by atoms with Gasteiger partial charge in [0.25, 0.3) is 6.43 Å². The van der Waals surface area contributed by atoms with Crippen LogP contribution >= 0.6 is 0 Å². The first-order valence-electron chi connectivity index (χ1n) is 2.60. The first-order chi connectivity index (χ1) is 4.16. The normalized spacial score (nSPS) is 9.78. The van der Waals surface area contributed by atoms with Crippen LogP contribution in [-0.4, -0.2) is 19.0 Å². The SMILES string of the molecule is CCC(=O)OCC(F)F. The smallest absolute Gasteiger partial charge is 0.305 e. The third-order valence-electron chi connectivity index (χ3n) is 0.659. The van der Waals surface area contributed by atoms with Crippen LogP contribution in [0, 0.1) is 0 Å². The molecule has 0 spiro atoms. The Labute approximate surface area is 51.8 Å². The molecule has 0 amide bonds. The quantitative estimate of drug-likeness (QED) is 0.548. The van der Waals surface area contributed by atoms with E-state index in [1.807, 2.05) is 0 Å². The van der Waals surface area contributed by atoms with Crippen molar-refractivity contribution in [2.75, 3.05) is 6.61 Å². The van der Waals surface area contributed by atoms with Gasteiger partial charge in [0, 0.05) is 6.42 Å². The van der Waals surface area contributed by atoms with E-state index in [1.165, 1.54) is 0 Å². The summed E-state index contributed by atoms with van der Waals surface area (Å²) in [5.41, 5.74) is 0. The van der Waals surface area contributed by atoms with Gasteiger partial charge in [-0.1, -0.05) is 6.92 Å². The van der Waals surface area contributed by atoms with Crippen LogP contribution in [0.1, 0.15) is 13.3 Å². The van der Waals surface area contributed by atoms with Gasteiger partial charge in [0.1, 0.15) is 0 Å². The monoisotopic (exact) mass is 138 g/mol. The summed E-state index contributed by atoms with van der Waals surface area (Å²) in [6, 6.07) is 0. The van der Waals surface area contributed by atoms with Gasteiger partial charge in [-0.15, -0.1) is 0 Å². The van der Waals surface area contributed by atoms with Gasteiger partial charge in [-0.25, -0.2) is 8.78 Å². The third-order valence-corrected chi connectivity index (χ3v) is 0.659. The summed E-state index contributed by atoms with van der Waals surface area (Å²) < 4.78 is 26.6. The van der Waals surface area contributed by atoms with Gasteiger partial charge in [-0.3, -0.25) is 4.79 Å². The molecule has 0 aromatic rings. The summed E-state index contributed by atoms with van der Waals surface area (Å²) in [5.74, 6) is -0.588. The maximum absolute atomic E-state index is 11.3. The topological polar surface area (TPSA) is 26.3 Å². The van der Waals surface area contributed by atoms with Crippen molar-refractivity contribution in [2.24, 2.45) is 0 Å². The van der Waals surface area contributed by atoms with Crippen LogP contribution in [0.5, 0.6) is 0 Å². The molecule has 0 aromatic heterocycles. The van der Waals surface area contributed by atoms with E-state index in [0.717, 1.165) is 0 Å². The lowest BCUT2D eigenvalue weighted by atomic mass is 10.5. The highest BCUT2D eigenvalue weighted by molar-refractivity contribution is 5.68. The Morgan fingerprint density at radius 1 is 1.67 bits per heavy atom. The number of carbonyl (C=O) groups is 1. The molecule has 0 aliphatic rings. The van der Waals surface area contributed by atoms with Gasteiger partial charge in [0.05, 0.1) is 0 Å². The molecule has 4 heteroatoms. The number of hydrogen-bond donors (Lipinski definition) is 0. The standard InChI is InChI=1S/C5H8F2O2/c1-2-5(8)9-3-4(6)7/h4H,2-3H2,1H3. The highest BCUT2D eigenvalue weighted by atomic mass is 19.3. The van der Waals surface area contributed by atoms with E-state index >= 15 is 0 Å². The molecule has 0 saturated heterocycles. The highest BCUT2D eigenvalue weighted by Gasteiger charge is 2.04. The Balaban J connectivity index is 3.17. The van der Waals surface area contributed by atoms with Crippen molar-refractivity contribution in [1.29, 1.82) is 0 Å². The van der Waals surface area contributed by atoms with Crippen molar-refractivity contribution in [2.45, 2.75) is 19.8 Å². The first kappa shape index (κ1) is 8.33. The largest absolute Gasteiger partial charge is 0.460 e. The molecule has 54 valence electrons. The lowest BCUT2D eigenvalue weighted by molar-refractivity contribution is -0.147. The van der Waals surface area contributed by atoms with E-state index in [9.17, 15) is 13.6 Å². The van der Waals surface area contributed by atoms with E-state index in [2.05, 4.69) is 4.74 Å². The van der Waals surface area contributed by atoms with E-state index < -0.39 is 19.0 Å². The number of hydrogen-bond acceptors (Lipinski definition) is 2. The van der Waals surface area contributed by atoms with Crippen LogP contribution in [-0.2, 0) is 9.53 Å². The van der Waals surface area contributed by atoms with Gasteiger partial charge in [0.2, 0.25) is 0 Å². The second-order valence-electron chi connectivity index (χ2n) is 1.43. The van der Waals surface area contributed by atoms with Crippen molar-refractivity contribution in [3.63, 3.8) is 0 Å². The molecule has 0 fully saturated rings. The molecule has 0 aliphatic heterocycles. The summed E-state index contributed by atoms with van der Waals surface area (Å²) in [6.07, 6.45) is -2.41. The van der Waals surface area contributed by atoms with Crippen molar-refractivity contribution >= 4 is 5.97 Å². The van der Waals surface area contributed by atoms with Gasteiger partial charge < -0.3 is 4.74 Å². The summed E-state index contributed by atoms with van der Waals surface area (Å²) in [4.78, 5) is 10.2. The molecule has 2 nitrogen and oxygen atoms in total. The molecule has 0 N–H and O–H groups in total. The van der Waals surface area contributed by atoms with Crippen molar-refractivity contribution in [3.8, 4) is 0 Å². The lowest BCUT2D eigenvalue weighted by Gasteiger charge is -1.99. The molecule has 0 aliphatic carbocycles. The van der Waals surface area contributed by atoms with E-state index in [1.54, 1.807) is 6.92 Å². The zero-order chi connectivity index (χ0) is 7.28. The number of alkyl halides is 2. The lowest BCUT2D eigenvalue weighted by Crippen LogP contribution is -2.09. The first-order valence-corrected chi connectivity index (χ1v) is 2.60. The van der Waals surface area contributed by atoms with Crippen molar-refractivity contribution in [1.82, 2.24) is 0 Å². The van der Waals surface area contributed by atoms with Crippen LogP contribution in [0.4, 0.5) is 8.78 Å². The van der Waals surface area contributed by atoms with Crippen LogP contribution < -0.4 is 0 Å². The zero-order valence-electron chi connectivity index (χ0n) is 5.06. The molecule has 0 saturated carbocycles. The van der Waals surface area contributed by atoms with Gasteiger partial charge in [0.15, 0.2) is 6.61 Å². The van der Waals surface area contributed by atoms with Gasteiger partial charge in [-0.05, 0) is 0 Å². The average Bonchev–Trinajstić information content (AvgIpc) is 1.83. The second kappa shape index (κ2) is 4.23. The second-order valence-corrected chi connectivity index (χ2v) is 1.43. The molecule has 0 bridgehead atoms. The minimum atomic E-state index is -2.56. The number of carbonyl (C=O) groups excluding carboxylic acids is 1. The summed E-state index contributed by atoms with van der Waals surface area (Å²) >= 11 is 0. The zero-order valence-corrected chi connectivity index (χ0v) is 5.06. The number of halogens is 2. The maximum atomic E-state index is 11.3. The maximum Gasteiger partial charge on any atom is 0.305 e. The fourth-order valence-corrected chi connectivity index (χ4v) is 0.258. The molecule has 9 heavy (non-hydrogen) atoms. The summed E-state index contributed by atoms with van der Waals surface area (Å²) in [6.45, 7) is 0.764. The van der Waals surface area contributed by atoms with Crippen LogP contribution in [0.25, 0.3) is 0 Å². The van der Waals surface area contributed by atoms with Crippen LogP contribution in [0.15, 0.2) is 0 Å². The van der Waals surface area contributed by atoms with Crippen LogP contribution in [0.3, 0.4) is 0 Å². The Kier molecular flexibility index (Phi) is 3.92. The van der Waals surface area contributed by atoms with E-state index in [4.69, 9.17) is 0 Å². The molecule has 0 unspecified atom stereocenters. The Bertz CT molecular complexity index is 93.0. The van der Waals surface area contributed by atoms with E-state index in [0.29, 0.717) is 0 Å². The molecular weight excluding hydrogens is 130 g/mol. The molecule has 0 rings (SSSR count). The summed E-state index contributed by atoms with van der Waals surface area (Å²) in [7, 11) is 0. The van der Waals surface area contributed by atoms with E-state index in [-0.39, 0.29) is 6.42 Å². The number of esters is 1. The molecule has 0 atom stereocenters. The molecular formula is C5H8F2O2. The van der Waals surface area contributed by atoms with Gasteiger partial charge in [-0.2, -0.15) is 0 Å². The van der Waals surface area contributed by atoms with Crippen molar-refractivity contribution < 1.29 is 18.3 Å². The molecule has 0 aromatic carbocycles. The average molecular weight is 138 g/mol. The summed E-state index contributed by atoms with van der Waals surface area (Å²) in [5, 5.41) is 0. The fourth-order valence-electron chi connectivity index (χ4n) is 0.258. The highest BCUT2D eigenvalue weighted by Crippen LogP contribution is 1.93. The third kappa shape index (κ3) is 5.20. The number of rotatable bonds is 3. The predicted octanol–water partition coefficient (Wildman–Crippen LogP) is 1.20. The number of ether oxygens (including phenoxy) is 1.